The molecule has 1 aliphatic rings. The van der Waals surface area contributed by atoms with E-state index in [1.807, 2.05) is 7.05 Å². The van der Waals surface area contributed by atoms with Crippen molar-refractivity contribution in [3.8, 4) is 0 Å². The van der Waals surface area contributed by atoms with Gasteiger partial charge in [-0.15, -0.1) is 24.0 Å². The van der Waals surface area contributed by atoms with E-state index in [1.54, 1.807) is 0 Å². The van der Waals surface area contributed by atoms with Crippen molar-refractivity contribution in [2.75, 3.05) is 39.8 Å². The molecule has 0 aliphatic carbocycles. The van der Waals surface area contributed by atoms with Gasteiger partial charge in [0.1, 0.15) is 0 Å². The first-order valence-electron chi connectivity index (χ1n) is 8.15. The summed E-state index contributed by atoms with van der Waals surface area (Å²) in [7, 11) is 1.83. The van der Waals surface area contributed by atoms with Crippen molar-refractivity contribution in [1.82, 2.24) is 15.5 Å². The van der Waals surface area contributed by atoms with E-state index in [-0.39, 0.29) is 24.0 Å². The minimum absolute atomic E-state index is 0. The van der Waals surface area contributed by atoms with Gasteiger partial charge in [0.05, 0.1) is 0 Å². The molecule has 0 aromatic carbocycles. The molecule has 1 fully saturated rings. The van der Waals surface area contributed by atoms with Crippen LogP contribution in [0.15, 0.2) is 17.1 Å². The van der Waals surface area contributed by atoms with Crippen LogP contribution >= 0.6 is 24.0 Å². The Labute approximate surface area is 147 Å². The predicted octanol–water partition coefficient (Wildman–Crippen LogP) is 3.00. The van der Waals surface area contributed by atoms with Crippen molar-refractivity contribution in [3.05, 3.63) is 12.2 Å². The zero-order valence-electron chi connectivity index (χ0n) is 13.7. The summed E-state index contributed by atoms with van der Waals surface area (Å²) in [6, 6.07) is 0. The van der Waals surface area contributed by atoms with Gasteiger partial charge >= 0.3 is 0 Å². The summed E-state index contributed by atoms with van der Waals surface area (Å²) in [5.74, 6) is 0.922. The molecule has 1 rings (SSSR count). The molecule has 21 heavy (non-hydrogen) atoms. The molecule has 5 heteroatoms. The lowest BCUT2D eigenvalue weighted by Crippen LogP contribution is -2.39. The standard InChI is InChI=1S/C16H32N4.HI/c1-3-4-7-11-18-16(17-2)19-12-10-15-20-13-8-5-6-9-14-20;/h3-4H,5-15H2,1-2H3,(H2,17,18,19);1H. The first-order valence-corrected chi connectivity index (χ1v) is 8.15. The van der Waals surface area contributed by atoms with E-state index < -0.39 is 0 Å². The second-order valence-electron chi connectivity index (χ2n) is 5.39. The maximum Gasteiger partial charge on any atom is 0.190 e. The lowest BCUT2D eigenvalue weighted by molar-refractivity contribution is 0.282. The average molecular weight is 408 g/mol. The molecule has 1 saturated heterocycles. The molecule has 0 unspecified atom stereocenters. The number of rotatable bonds is 7. The first-order chi connectivity index (χ1) is 9.86. The molecule has 0 atom stereocenters. The summed E-state index contributed by atoms with van der Waals surface area (Å²) < 4.78 is 0. The van der Waals surface area contributed by atoms with Gasteiger partial charge in [0.2, 0.25) is 0 Å². The Morgan fingerprint density at radius 2 is 1.76 bits per heavy atom. The number of hydrogen-bond donors (Lipinski definition) is 2. The van der Waals surface area contributed by atoms with Crippen LogP contribution < -0.4 is 10.6 Å². The van der Waals surface area contributed by atoms with Crippen molar-refractivity contribution in [2.24, 2.45) is 4.99 Å². The van der Waals surface area contributed by atoms with Crippen LogP contribution in [-0.2, 0) is 0 Å². The van der Waals surface area contributed by atoms with Gasteiger partial charge in [-0.05, 0) is 52.2 Å². The molecule has 0 aromatic rings. The van der Waals surface area contributed by atoms with Gasteiger partial charge in [-0.25, -0.2) is 0 Å². The van der Waals surface area contributed by atoms with Crippen molar-refractivity contribution in [2.45, 2.75) is 45.4 Å². The molecule has 4 nitrogen and oxygen atoms in total. The van der Waals surface area contributed by atoms with Crippen LogP contribution in [0.25, 0.3) is 0 Å². The van der Waals surface area contributed by atoms with Crippen LogP contribution in [0.3, 0.4) is 0 Å². The maximum absolute atomic E-state index is 4.24. The van der Waals surface area contributed by atoms with E-state index in [0.29, 0.717) is 0 Å². The van der Waals surface area contributed by atoms with Crippen molar-refractivity contribution < 1.29 is 0 Å². The number of likely N-dealkylation sites (tertiary alicyclic amines) is 1. The molecule has 0 radical (unpaired) electrons. The Balaban J connectivity index is 0.00000400. The van der Waals surface area contributed by atoms with Crippen LogP contribution in [-0.4, -0.2) is 50.6 Å². The summed E-state index contributed by atoms with van der Waals surface area (Å²) in [5, 5.41) is 6.72. The average Bonchev–Trinajstić information content (AvgIpc) is 2.74. The summed E-state index contributed by atoms with van der Waals surface area (Å²) in [6.45, 7) is 7.78. The second kappa shape index (κ2) is 14.6. The van der Waals surface area contributed by atoms with Gasteiger partial charge in [0, 0.05) is 20.1 Å². The highest BCUT2D eigenvalue weighted by atomic mass is 127. The molecule has 0 saturated carbocycles. The number of hydrogen-bond acceptors (Lipinski definition) is 2. The topological polar surface area (TPSA) is 39.7 Å². The Hall–Kier alpha value is -0.300. The van der Waals surface area contributed by atoms with E-state index in [4.69, 9.17) is 0 Å². The quantitative estimate of drug-likeness (QED) is 0.224. The number of aliphatic imine (C=N–C) groups is 1. The number of allylic oxidation sites excluding steroid dienone is 1. The monoisotopic (exact) mass is 408 g/mol. The Kier molecular flexibility index (Phi) is 14.4. The molecule has 124 valence electrons. The molecule has 0 spiro atoms. The number of nitrogens with zero attached hydrogens (tertiary/aromatic N) is 2. The molecule has 0 aromatic heterocycles. The van der Waals surface area contributed by atoms with E-state index in [2.05, 4.69) is 39.6 Å². The molecule has 1 heterocycles. The number of halogens is 1. The lowest BCUT2D eigenvalue weighted by atomic mass is 10.2. The molecular formula is C16H33IN4. The zero-order valence-corrected chi connectivity index (χ0v) is 16.1. The fraction of sp³-hybridized carbons (Fsp3) is 0.812. The summed E-state index contributed by atoms with van der Waals surface area (Å²) in [4.78, 5) is 6.85. The second-order valence-corrected chi connectivity index (χ2v) is 5.39. The zero-order chi connectivity index (χ0) is 14.5. The third-order valence-corrected chi connectivity index (χ3v) is 3.71. The third kappa shape index (κ3) is 11.0. The minimum Gasteiger partial charge on any atom is -0.356 e. The summed E-state index contributed by atoms with van der Waals surface area (Å²) in [6.07, 6.45) is 12.1. The first kappa shape index (κ1) is 20.7. The van der Waals surface area contributed by atoms with Crippen molar-refractivity contribution in [1.29, 1.82) is 0 Å². The third-order valence-electron chi connectivity index (χ3n) is 3.71. The molecule has 0 bridgehead atoms. The molecule has 2 N–H and O–H groups in total. The normalized spacial score (nSPS) is 17.3. The fourth-order valence-electron chi connectivity index (χ4n) is 2.53. The Morgan fingerprint density at radius 1 is 1.10 bits per heavy atom. The van der Waals surface area contributed by atoms with Gasteiger partial charge in [-0.1, -0.05) is 25.0 Å². The van der Waals surface area contributed by atoms with Gasteiger partial charge in [-0.2, -0.15) is 0 Å². The van der Waals surface area contributed by atoms with Crippen LogP contribution in [0.4, 0.5) is 0 Å². The van der Waals surface area contributed by atoms with Crippen molar-refractivity contribution >= 4 is 29.9 Å². The number of guanidine groups is 1. The highest BCUT2D eigenvalue weighted by Gasteiger charge is 2.07. The van der Waals surface area contributed by atoms with E-state index in [9.17, 15) is 0 Å². The smallest absolute Gasteiger partial charge is 0.190 e. The van der Waals surface area contributed by atoms with Gasteiger partial charge in [0.25, 0.3) is 0 Å². The van der Waals surface area contributed by atoms with Crippen LogP contribution in [0.5, 0.6) is 0 Å². The summed E-state index contributed by atoms with van der Waals surface area (Å²) in [5.41, 5.74) is 0. The van der Waals surface area contributed by atoms with E-state index in [1.165, 1.54) is 51.7 Å². The Morgan fingerprint density at radius 3 is 2.38 bits per heavy atom. The fourth-order valence-corrected chi connectivity index (χ4v) is 2.53. The van der Waals surface area contributed by atoms with E-state index in [0.717, 1.165) is 25.5 Å². The number of nitrogens with one attached hydrogen (secondary N) is 2. The minimum atomic E-state index is 0. The lowest BCUT2D eigenvalue weighted by Gasteiger charge is -2.20. The highest BCUT2D eigenvalue weighted by molar-refractivity contribution is 14.0. The van der Waals surface area contributed by atoms with Crippen LogP contribution in [0, 0.1) is 0 Å². The highest BCUT2D eigenvalue weighted by Crippen LogP contribution is 2.09. The maximum atomic E-state index is 4.24. The van der Waals surface area contributed by atoms with Crippen molar-refractivity contribution in [3.63, 3.8) is 0 Å². The van der Waals surface area contributed by atoms with Gasteiger partial charge in [-0.3, -0.25) is 4.99 Å². The van der Waals surface area contributed by atoms with Crippen LogP contribution in [0.1, 0.15) is 45.4 Å². The van der Waals surface area contributed by atoms with Gasteiger partial charge in [0.15, 0.2) is 5.96 Å². The molecule has 0 amide bonds. The summed E-state index contributed by atoms with van der Waals surface area (Å²) >= 11 is 0. The molecule has 1 aliphatic heterocycles. The predicted molar refractivity (Wildman–Crippen MR) is 104 cm³/mol. The Bertz CT molecular complexity index is 284. The largest absolute Gasteiger partial charge is 0.356 e. The SMILES string of the molecule is CC=CCCNC(=NC)NCCCN1CCCCCC1.I. The molecular weight excluding hydrogens is 375 g/mol. The van der Waals surface area contributed by atoms with Crippen LogP contribution in [0.2, 0.25) is 0 Å². The van der Waals surface area contributed by atoms with Gasteiger partial charge < -0.3 is 15.5 Å². The van der Waals surface area contributed by atoms with E-state index >= 15 is 0 Å².